The molecule has 4 heteroatoms. The van der Waals surface area contributed by atoms with Crippen LogP contribution in [0.25, 0.3) is 0 Å². The van der Waals surface area contributed by atoms with Gasteiger partial charge in [0.2, 0.25) is 0 Å². The third kappa shape index (κ3) is 2.80. The number of carbonyl (C=O) groups is 2. The molecule has 2 rings (SSSR count). The van der Waals surface area contributed by atoms with E-state index >= 15 is 0 Å². The van der Waals surface area contributed by atoms with E-state index in [2.05, 4.69) is 5.32 Å². The molecule has 0 atom stereocenters. The number of nitrogens with one attached hydrogen (secondary N) is 1. The molecular formula is C15H13NO3. The Morgan fingerprint density at radius 1 is 1.00 bits per heavy atom. The summed E-state index contributed by atoms with van der Waals surface area (Å²) >= 11 is 0. The topological polar surface area (TPSA) is 66.4 Å². The lowest BCUT2D eigenvalue weighted by Crippen LogP contribution is -2.12. The quantitative estimate of drug-likeness (QED) is 0.654. The first-order valence-corrected chi connectivity index (χ1v) is 5.79. The van der Waals surface area contributed by atoms with Crippen LogP contribution in [0.5, 0.6) is 5.75 Å². The van der Waals surface area contributed by atoms with E-state index in [9.17, 15) is 14.7 Å². The van der Waals surface area contributed by atoms with Crippen molar-refractivity contribution in [3.63, 3.8) is 0 Å². The molecular weight excluding hydrogens is 242 g/mol. The van der Waals surface area contributed by atoms with Crippen LogP contribution in [0.15, 0.2) is 48.5 Å². The molecule has 1 amide bonds. The molecule has 2 aromatic rings. The van der Waals surface area contributed by atoms with Crippen molar-refractivity contribution in [2.24, 2.45) is 0 Å². The van der Waals surface area contributed by atoms with E-state index in [0.29, 0.717) is 5.56 Å². The number of hydrogen-bond donors (Lipinski definition) is 2. The Kier molecular flexibility index (Phi) is 3.61. The van der Waals surface area contributed by atoms with Gasteiger partial charge in [0, 0.05) is 5.56 Å². The predicted molar refractivity (Wildman–Crippen MR) is 72.5 cm³/mol. The first-order valence-electron chi connectivity index (χ1n) is 5.79. The molecule has 0 spiro atoms. The molecule has 4 nitrogen and oxygen atoms in total. The summed E-state index contributed by atoms with van der Waals surface area (Å²) in [6.07, 6.45) is 0. The summed E-state index contributed by atoms with van der Waals surface area (Å²) in [6, 6.07) is 13.3. The van der Waals surface area contributed by atoms with Gasteiger partial charge in [-0.2, -0.15) is 0 Å². The number of phenolic OH excluding ortho intramolecular Hbond substituents is 1. The molecule has 0 fully saturated rings. The molecule has 0 heterocycles. The van der Waals surface area contributed by atoms with Gasteiger partial charge in [0.25, 0.3) is 5.91 Å². The second kappa shape index (κ2) is 5.35. The molecule has 0 aliphatic heterocycles. The summed E-state index contributed by atoms with van der Waals surface area (Å²) in [6.45, 7) is 1.36. The standard InChI is InChI=1S/C15H13NO3/c1-10(17)12-8-5-9-13(14(12)18)16-15(19)11-6-3-2-4-7-11/h2-9,18H,1H3,(H,16,19). The highest BCUT2D eigenvalue weighted by atomic mass is 16.3. The first kappa shape index (κ1) is 12.8. The normalized spacial score (nSPS) is 9.95. The Bertz CT molecular complexity index is 621. The summed E-state index contributed by atoms with van der Waals surface area (Å²) in [5.74, 6) is -0.802. The molecule has 0 aliphatic rings. The number of aromatic hydroxyl groups is 1. The highest BCUT2D eigenvalue weighted by Crippen LogP contribution is 2.28. The van der Waals surface area contributed by atoms with Gasteiger partial charge in [-0.15, -0.1) is 0 Å². The third-order valence-electron chi connectivity index (χ3n) is 2.70. The van der Waals surface area contributed by atoms with Crippen LogP contribution in [-0.2, 0) is 0 Å². The molecule has 0 saturated heterocycles. The van der Waals surface area contributed by atoms with Gasteiger partial charge in [0.15, 0.2) is 5.78 Å². The van der Waals surface area contributed by atoms with E-state index in [-0.39, 0.29) is 28.7 Å². The van der Waals surface area contributed by atoms with Gasteiger partial charge in [-0.05, 0) is 31.2 Å². The summed E-state index contributed by atoms with van der Waals surface area (Å²) in [5.41, 5.74) is 0.891. The van der Waals surface area contributed by atoms with Gasteiger partial charge in [-0.3, -0.25) is 9.59 Å². The van der Waals surface area contributed by atoms with Crippen LogP contribution in [0.4, 0.5) is 5.69 Å². The zero-order valence-electron chi connectivity index (χ0n) is 10.4. The van der Waals surface area contributed by atoms with Crippen molar-refractivity contribution in [1.82, 2.24) is 0 Å². The number of Topliss-reactive ketones (excluding diaryl/α,β-unsaturated/α-hetero) is 1. The molecule has 19 heavy (non-hydrogen) atoms. The maximum absolute atomic E-state index is 11.9. The van der Waals surface area contributed by atoms with Crippen LogP contribution in [0.1, 0.15) is 27.6 Å². The Morgan fingerprint density at radius 3 is 2.32 bits per heavy atom. The summed E-state index contributed by atoms with van der Waals surface area (Å²) in [7, 11) is 0. The lowest BCUT2D eigenvalue weighted by atomic mass is 10.1. The number of rotatable bonds is 3. The van der Waals surface area contributed by atoms with Crippen molar-refractivity contribution in [3.05, 3.63) is 59.7 Å². The minimum atomic E-state index is -0.336. The number of anilines is 1. The SMILES string of the molecule is CC(=O)c1cccc(NC(=O)c2ccccc2)c1O. The van der Waals surface area contributed by atoms with E-state index in [4.69, 9.17) is 0 Å². The second-order valence-electron chi connectivity index (χ2n) is 4.08. The van der Waals surface area contributed by atoms with E-state index in [1.807, 2.05) is 6.07 Å². The lowest BCUT2D eigenvalue weighted by molar-refractivity contribution is 0.100. The fourth-order valence-corrected chi connectivity index (χ4v) is 1.71. The average molecular weight is 255 g/mol. The van der Waals surface area contributed by atoms with Crippen LogP contribution >= 0.6 is 0 Å². The van der Waals surface area contributed by atoms with Gasteiger partial charge in [-0.1, -0.05) is 24.3 Å². The van der Waals surface area contributed by atoms with Gasteiger partial charge < -0.3 is 10.4 Å². The molecule has 96 valence electrons. The van der Waals surface area contributed by atoms with Crippen molar-refractivity contribution in [2.45, 2.75) is 6.92 Å². The van der Waals surface area contributed by atoms with Crippen molar-refractivity contribution in [2.75, 3.05) is 5.32 Å². The molecule has 2 N–H and O–H groups in total. The van der Waals surface area contributed by atoms with Crippen molar-refractivity contribution in [1.29, 1.82) is 0 Å². The number of benzene rings is 2. The number of hydrogen-bond acceptors (Lipinski definition) is 3. The second-order valence-corrected chi connectivity index (χ2v) is 4.08. The minimum Gasteiger partial charge on any atom is -0.505 e. The van der Waals surface area contributed by atoms with Gasteiger partial charge in [-0.25, -0.2) is 0 Å². The number of carbonyl (C=O) groups excluding carboxylic acids is 2. The molecule has 0 unspecified atom stereocenters. The first-order chi connectivity index (χ1) is 9.09. The Hall–Kier alpha value is -2.62. The molecule has 0 aromatic heterocycles. The van der Waals surface area contributed by atoms with E-state index < -0.39 is 0 Å². The molecule has 2 aromatic carbocycles. The van der Waals surface area contributed by atoms with Crippen molar-refractivity contribution >= 4 is 17.4 Å². The lowest BCUT2D eigenvalue weighted by Gasteiger charge is -2.09. The van der Waals surface area contributed by atoms with Gasteiger partial charge in [0.1, 0.15) is 5.75 Å². The fourth-order valence-electron chi connectivity index (χ4n) is 1.71. The zero-order chi connectivity index (χ0) is 13.8. The van der Waals surface area contributed by atoms with Crippen LogP contribution in [0.2, 0.25) is 0 Å². The molecule has 0 radical (unpaired) electrons. The zero-order valence-corrected chi connectivity index (χ0v) is 10.4. The van der Waals surface area contributed by atoms with Crippen LogP contribution < -0.4 is 5.32 Å². The maximum Gasteiger partial charge on any atom is 0.255 e. The number of ketones is 1. The minimum absolute atomic E-state index is 0.186. The summed E-state index contributed by atoms with van der Waals surface area (Å²) in [4.78, 5) is 23.2. The van der Waals surface area contributed by atoms with Crippen LogP contribution in [0, 0.1) is 0 Å². The predicted octanol–water partition coefficient (Wildman–Crippen LogP) is 2.85. The van der Waals surface area contributed by atoms with E-state index in [1.54, 1.807) is 36.4 Å². The highest BCUT2D eigenvalue weighted by molar-refractivity contribution is 6.06. The smallest absolute Gasteiger partial charge is 0.255 e. The highest BCUT2D eigenvalue weighted by Gasteiger charge is 2.13. The number of amides is 1. The molecule has 0 saturated carbocycles. The average Bonchev–Trinajstić information content (AvgIpc) is 2.41. The van der Waals surface area contributed by atoms with Crippen LogP contribution in [0.3, 0.4) is 0 Å². The van der Waals surface area contributed by atoms with E-state index in [0.717, 1.165) is 0 Å². The third-order valence-corrected chi connectivity index (χ3v) is 2.70. The number of phenols is 1. The van der Waals surface area contributed by atoms with Gasteiger partial charge >= 0.3 is 0 Å². The number of para-hydroxylation sites is 1. The summed E-state index contributed by atoms with van der Waals surface area (Å²) in [5, 5.41) is 12.5. The fraction of sp³-hybridized carbons (Fsp3) is 0.0667. The van der Waals surface area contributed by atoms with Crippen LogP contribution in [-0.4, -0.2) is 16.8 Å². The summed E-state index contributed by atoms with van der Waals surface area (Å²) < 4.78 is 0. The van der Waals surface area contributed by atoms with Crippen molar-refractivity contribution < 1.29 is 14.7 Å². The Morgan fingerprint density at radius 2 is 1.68 bits per heavy atom. The van der Waals surface area contributed by atoms with Gasteiger partial charge in [0.05, 0.1) is 11.3 Å². The monoisotopic (exact) mass is 255 g/mol. The Balaban J connectivity index is 2.27. The largest absolute Gasteiger partial charge is 0.505 e. The van der Waals surface area contributed by atoms with Crippen molar-refractivity contribution in [3.8, 4) is 5.75 Å². The molecule has 0 aliphatic carbocycles. The Labute approximate surface area is 110 Å². The maximum atomic E-state index is 11.9. The molecule has 0 bridgehead atoms. The van der Waals surface area contributed by atoms with E-state index in [1.165, 1.54) is 13.0 Å².